The Morgan fingerprint density at radius 2 is 2.18 bits per heavy atom. The molecule has 0 unspecified atom stereocenters. The Morgan fingerprint density at radius 3 is 2.82 bits per heavy atom. The van der Waals surface area contributed by atoms with Crippen molar-refractivity contribution in [3.63, 3.8) is 0 Å². The molecule has 1 aliphatic heterocycles. The van der Waals surface area contributed by atoms with E-state index in [0.29, 0.717) is 0 Å². The minimum atomic E-state index is 0.228. The average molecular weight is 235 g/mol. The van der Waals surface area contributed by atoms with Crippen molar-refractivity contribution < 1.29 is 4.74 Å². The number of anilines is 1. The van der Waals surface area contributed by atoms with E-state index < -0.39 is 0 Å². The zero-order valence-electron chi connectivity index (χ0n) is 10.4. The molecule has 0 aliphatic carbocycles. The smallest absolute Gasteiger partial charge is 0.0501 e. The van der Waals surface area contributed by atoms with Gasteiger partial charge in [-0.15, -0.1) is 0 Å². The molecule has 3 N–H and O–H groups in total. The first-order chi connectivity index (χ1) is 8.18. The summed E-state index contributed by atoms with van der Waals surface area (Å²) < 4.78 is 5.38. The lowest BCUT2D eigenvalue weighted by Gasteiger charge is -2.34. The van der Waals surface area contributed by atoms with Gasteiger partial charge in [0.05, 0.1) is 11.9 Å². The minimum absolute atomic E-state index is 0.228. The Kier molecular flexibility index (Phi) is 3.97. The number of nitrogens with zero attached hydrogens (tertiary/aromatic N) is 1. The molecule has 4 heteroatoms. The van der Waals surface area contributed by atoms with Crippen LogP contribution in [0, 0.1) is 0 Å². The summed E-state index contributed by atoms with van der Waals surface area (Å²) in [6, 6.07) is 3.89. The van der Waals surface area contributed by atoms with E-state index in [1.54, 1.807) is 6.20 Å². The molecule has 17 heavy (non-hydrogen) atoms. The van der Waals surface area contributed by atoms with Gasteiger partial charge >= 0.3 is 0 Å². The van der Waals surface area contributed by atoms with E-state index in [1.165, 1.54) is 0 Å². The van der Waals surface area contributed by atoms with Gasteiger partial charge in [-0.3, -0.25) is 4.98 Å². The summed E-state index contributed by atoms with van der Waals surface area (Å²) in [6.07, 6.45) is 4.83. The fourth-order valence-corrected chi connectivity index (χ4v) is 2.07. The highest BCUT2D eigenvalue weighted by atomic mass is 16.5. The maximum absolute atomic E-state index is 5.60. The quantitative estimate of drug-likeness (QED) is 0.827. The maximum atomic E-state index is 5.60. The van der Waals surface area contributed by atoms with Crippen LogP contribution in [0.15, 0.2) is 18.3 Å². The normalized spacial score (nSPS) is 19.1. The second kappa shape index (κ2) is 5.47. The molecule has 0 spiro atoms. The van der Waals surface area contributed by atoms with E-state index in [4.69, 9.17) is 10.5 Å². The van der Waals surface area contributed by atoms with Gasteiger partial charge in [-0.25, -0.2) is 0 Å². The number of hydrogen-bond acceptors (Lipinski definition) is 4. The van der Waals surface area contributed by atoms with E-state index in [9.17, 15) is 0 Å². The Labute approximate surface area is 103 Å². The third-order valence-electron chi connectivity index (χ3n) is 3.38. The maximum Gasteiger partial charge on any atom is 0.0501 e. The first-order valence-electron chi connectivity index (χ1n) is 6.21. The fraction of sp³-hybridized carbons (Fsp3) is 0.615. The minimum Gasteiger partial charge on any atom is -0.397 e. The van der Waals surface area contributed by atoms with E-state index in [1.807, 2.05) is 12.1 Å². The fourth-order valence-electron chi connectivity index (χ4n) is 2.07. The molecule has 0 atom stereocenters. The van der Waals surface area contributed by atoms with Crippen LogP contribution < -0.4 is 11.1 Å². The van der Waals surface area contributed by atoms with Gasteiger partial charge in [0.1, 0.15) is 0 Å². The SMILES string of the molecule is CC1(NCCc2ccc(N)cn2)CCOCC1. The number of rotatable bonds is 4. The second-order valence-electron chi connectivity index (χ2n) is 4.93. The molecule has 1 aromatic rings. The molecule has 0 saturated carbocycles. The van der Waals surface area contributed by atoms with Crippen molar-refractivity contribution in [1.29, 1.82) is 0 Å². The molecule has 2 heterocycles. The highest BCUT2D eigenvalue weighted by Gasteiger charge is 2.25. The van der Waals surface area contributed by atoms with Crippen LogP contribution in [-0.2, 0) is 11.2 Å². The van der Waals surface area contributed by atoms with Crippen LogP contribution in [0.2, 0.25) is 0 Å². The topological polar surface area (TPSA) is 60.2 Å². The van der Waals surface area contributed by atoms with Gasteiger partial charge < -0.3 is 15.8 Å². The third kappa shape index (κ3) is 3.68. The summed E-state index contributed by atoms with van der Waals surface area (Å²) in [6.45, 7) is 4.95. The lowest BCUT2D eigenvalue weighted by molar-refractivity contribution is 0.0456. The summed E-state index contributed by atoms with van der Waals surface area (Å²) in [5.41, 5.74) is 7.64. The van der Waals surface area contributed by atoms with Crippen molar-refractivity contribution in [2.75, 3.05) is 25.5 Å². The van der Waals surface area contributed by atoms with E-state index in [2.05, 4.69) is 17.2 Å². The summed E-state index contributed by atoms with van der Waals surface area (Å²) in [5, 5.41) is 3.61. The number of pyridine rings is 1. The second-order valence-corrected chi connectivity index (χ2v) is 4.93. The van der Waals surface area contributed by atoms with Gasteiger partial charge in [-0.05, 0) is 31.9 Å². The van der Waals surface area contributed by atoms with E-state index in [-0.39, 0.29) is 5.54 Å². The average Bonchev–Trinajstić information content (AvgIpc) is 2.32. The van der Waals surface area contributed by atoms with Crippen molar-refractivity contribution in [2.45, 2.75) is 31.7 Å². The Balaban J connectivity index is 1.77. The standard InChI is InChI=1S/C13H21N3O/c1-13(5-8-17-9-6-13)16-7-4-12-3-2-11(14)10-15-12/h2-3,10,16H,4-9,14H2,1H3. The molecule has 1 saturated heterocycles. The zero-order valence-corrected chi connectivity index (χ0v) is 10.4. The van der Waals surface area contributed by atoms with Crippen LogP contribution in [0.5, 0.6) is 0 Å². The molecule has 1 aromatic heterocycles. The van der Waals surface area contributed by atoms with Crippen LogP contribution >= 0.6 is 0 Å². The van der Waals surface area contributed by atoms with Gasteiger partial charge in [0.25, 0.3) is 0 Å². The highest BCUT2D eigenvalue weighted by Crippen LogP contribution is 2.19. The molecule has 4 nitrogen and oxygen atoms in total. The number of hydrogen-bond donors (Lipinski definition) is 2. The number of aromatic nitrogens is 1. The van der Waals surface area contributed by atoms with Crippen LogP contribution in [0.25, 0.3) is 0 Å². The molecule has 0 amide bonds. The van der Waals surface area contributed by atoms with E-state index >= 15 is 0 Å². The predicted octanol–water partition coefficient (Wildman–Crippen LogP) is 1.36. The summed E-state index contributed by atoms with van der Waals surface area (Å²) in [5.74, 6) is 0. The molecule has 94 valence electrons. The Morgan fingerprint density at radius 1 is 1.41 bits per heavy atom. The van der Waals surface area contributed by atoms with Crippen molar-refractivity contribution in [3.05, 3.63) is 24.0 Å². The van der Waals surface area contributed by atoms with Gasteiger partial charge in [0.2, 0.25) is 0 Å². The zero-order chi connectivity index (χ0) is 12.1. The van der Waals surface area contributed by atoms with Gasteiger partial charge in [0.15, 0.2) is 0 Å². The molecular weight excluding hydrogens is 214 g/mol. The Hall–Kier alpha value is -1.13. The van der Waals surface area contributed by atoms with Gasteiger partial charge in [-0.1, -0.05) is 0 Å². The third-order valence-corrected chi connectivity index (χ3v) is 3.38. The highest BCUT2D eigenvalue weighted by molar-refractivity contribution is 5.34. The molecule has 0 bridgehead atoms. The van der Waals surface area contributed by atoms with Gasteiger partial charge in [-0.2, -0.15) is 0 Å². The molecular formula is C13H21N3O. The summed E-state index contributed by atoms with van der Waals surface area (Å²) >= 11 is 0. The van der Waals surface area contributed by atoms with Crippen molar-refractivity contribution in [1.82, 2.24) is 10.3 Å². The summed E-state index contributed by atoms with van der Waals surface area (Å²) in [7, 11) is 0. The van der Waals surface area contributed by atoms with Crippen LogP contribution in [0.1, 0.15) is 25.5 Å². The summed E-state index contributed by atoms with van der Waals surface area (Å²) in [4.78, 5) is 4.29. The lowest BCUT2D eigenvalue weighted by atomic mass is 9.92. The van der Waals surface area contributed by atoms with Crippen molar-refractivity contribution in [2.24, 2.45) is 0 Å². The first kappa shape index (κ1) is 12.3. The molecule has 2 rings (SSSR count). The molecule has 0 radical (unpaired) electrons. The molecule has 1 fully saturated rings. The number of nitrogens with two attached hydrogens (primary N) is 1. The van der Waals surface area contributed by atoms with Crippen LogP contribution in [0.4, 0.5) is 5.69 Å². The Bertz CT molecular complexity index is 344. The lowest BCUT2D eigenvalue weighted by Crippen LogP contribution is -2.47. The van der Waals surface area contributed by atoms with E-state index in [0.717, 1.165) is 50.4 Å². The first-order valence-corrected chi connectivity index (χ1v) is 6.21. The number of ether oxygens (including phenoxy) is 1. The monoisotopic (exact) mass is 235 g/mol. The largest absolute Gasteiger partial charge is 0.397 e. The van der Waals surface area contributed by atoms with Crippen molar-refractivity contribution in [3.8, 4) is 0 Å². The number of nitrogen functional groups attached to an aromatic ring is 1. The van der Waals surface area contributed by atoms with Crippen LogP contribution in [0.3, 0.4) is 0 Å². The van der Waals surface area contributed by atoms with Gasteiger partial charge in [0, 0.05) is 37.4 Å². The predicted molar refractivity (Wildman–Crippen MR) is 68.8 cm³/mol. The number of nitrogens with one attached hydrogen (secondary N) is 1. The van der Waals surface area contributed by atoms with Crippen LogP contribution in [-0.4, -0.2) is 30.3 Å². The molecule has 0 aromatic carbocycles. The molecule has 1 aliphatic rings. The van der Waals surface area contributed by atoms with Crippen molar-refractivity contribution >= 4 is 5.69 Å².